The van der Waals surface area contributed by atoms with E-state index in [0.29, 0.717) is 22.9 Å². The zero-order valence-corrected chi connectivity index (χ0v) is 11.3. The van der Waals surface area contributed by atoms with E-state index >= 15 is 0 Å². The number of carbonyl (C=O) groups is 1. The molecule has 0 saturated heterocycles. The quantitative estimate of drug-likeness (QED) is 0.584. The molecule has 0 amide bonds. The van der Waals surface area contributed by atoms with Gasteiger partial charge in [0.1, 0.15) is 5.75 Å². The monoisotopic (exact) mass is 274 g/mol. The Morgan fingerprint density at radius 3 is 2.58 bits per heavy atom. The Bertz CT molecular complexity index is 538. The van der Waals surface area contributed by atoms with Crippen LogP contribution in [0.1, 0.15) is 22.3 Å². The standard InChI is InChI=1S/C16H15ClO2/c17-16-11-15(9-8-14(16)12-18)19-10-4-7-13-5-2-1-3-6-13/h1-3,5-6,8-9,11-12H,4,7,10H2. The lowest BCUT2D eigenvalue weighted by molar-refractivity contribution is 0.112. The first-order valence-electron chi connectivity index (χ1n) is 6.21. The summed E-state index contributed by atoms with van der Waals surface area (Å²) in [5.41, 5.74) is 1.79. The predicted molar refractivity (Wildman–Crippen MR) is 77.1 cm³/mol. The first-order chi connectivity index (χ1) is 9.29. The van der Waals surface area contributed by atoms with Crippen molar-refractivity contribution in [3.05, 3.63) is 64.7 Å². The largest absolute Gasteiger partial charge is 0.494 e. The Hall–Kier alpha value is -1.80. The van der Waals surface area contributed by atoms with E-state index in [2.05, 4.69) is 12.1 Å². The van der Waals surface area contributed by atoms with Crippen molar-refractivity contribution in [3.8, 4) is 5.75 Å². The zero-order chi connectivity index (χ0) is 13.5. The molecule has 19 heavy (non-hydrogen) atoms. The van der Waals surface area contributed by atoms with Crippen LogP contribution in [0.4, 0.5) is 0 Å². The number of aldehydes is 1. The van der Waals surface area contributed by atoms with Gasteiger partial charge in [-0.25, -0.2) is 0 Å². The van der Waals surface area contributed by atoms with Crippen molar-refractivity contribution in [2.24, 2.45) is 0 Å². The molecule has 2 aromatic carbocycles. The summed E-state index contributed by atoms with van der Waals surface area (Å²) in [7, 11) is 0. The fourth-order valence-corrected chi connectivity index (χ4v) is 2.02. The van der Waals surface area contributed by atoms with Crippen molar-refractivity contribution in [1.29, 1.82) is 0 Å². The Morgan fingerprint density at radius 1 is 1.11 bits per heavy atom. The van der Waals surface area contributed by atoms with Gasteiger partial charge in [0.05, 0.1) is 11.6 Å². The maximum absolute atomic E-state index is 10.6. The van der Waals surface area contributed by atoms with Crippen LogP contribution in [0.5, 0.6) is 5.75 Å². The normalized spacial score (nSPS) is 10.2. The number of aryl methyl sites for hydroxylation is 1. The molecule has 0 aliphatic carbocycles. The number of rotatable bonds is 6. The number of hydrogen-bond donors (Lipinski definition) is 0. The lowest BCUT2D eigenvalue weighted by atomic mass is 10.1. The first-order valence-corrected chi connectivity index (χ1v) is 6.59. The molecular formula is C16H15ClO2. The van der Waals surface area contributed by atoms with Crippen molar-refractivity contribution in [3.63, 3.8) is 0 Å². The summed E-state index contributed by atoms with van der Waals surface area (Å²) < 4.78 is 5.61. The maximum atomic E-state index is 10.6. The Labute approximate surface area is 118 Å². The Morgan fingerprint density at radius 2 is 1.89 bits per heavy atom. The summed E-state index contributed by atoms with van der Waals surface area (Å²) in [4.78, 5) is 10.6. The van der Waals surface area contributed by atoms with Crippen LogP contribution in [-0.4, -0.2) is 12.9 Å². The van der Waals surface area contributed by atoms with Gasteiger partial charge in [0.25, 0.3) is 0 Å². The summed E-state index contributed by atoms with van der Waals surface area (Å²) in [6, 6.07) is 15.4. The van der Waals surface area contributed by atoms with E-state index in [4.69, 9.17) is 16.3 Å². The van der Waals surface area contributed by atoms with Crippen LogP contribution >= 0.6 is 11.6 Å². The number of halogens is 1. The van der Waals surface area contributed by atoms with E-state index in [-0.39, 0.29) is 0 Å². The van der Waals surface area contributed by atoms with Crippen LogP contribution in [0.2, 0.25) is 5.02 Å². The molecule has 3 heteroatoms. The molecule has 0 unspecified atom stereocenters. The third-order valence-corrected chi connectivity index (χ3v) is 3.15. The smallest absolute Gasteiger partial charge is 0.151 e. The number of ether oxygens (including phenoxy) is 1. The molecule has 0 atom stereocenters. The highest BCUT2D eigenvalue weighted by atomic mass is 35.5. The Kier molecular flexibility index (Phi) is 4.99. The summed E-state index contributed by atoms with van der Waals surface area (Å²) >= 11 is 5.93. The van der Waals surface area contributed by atoms with E-state index in [9.17, 15) is 4.79 Å². The molecule has 0 aliphatic heterocycles. The fourth-order valence-electron chi connectivity index (χ4n) is 1.80. The van der Waals surface area contributed by atoms with Crippen LogP contribution in [0, 0.1) is 0 Å². The second-order valence-electron chi connectivity index (χ2n) is 4.24. The van der Waals surface area contributed by atoms with Crippen LogP contribution < -0.4 is 4.74 Å². The molecule has 98 valence electrons. The summed E-state index contributed by atoms with van der Waals surface area (Å²) in [5.74, 6) is 0.698. The third kappa shape index (κ3) is 4.11. The number of hydrogen-bond acceptors (Lipinski definition) is 2. The minimum atomic E-state index is 0.426. The highest BCUT2D eigenvalue weighted by molar-refractivity contribution is 6.33. The molecular weight excluding hydrogens is 260 g/mol. The summed E-state index contributed by atoms with van der Waals surface area (Å²) in [6.45, 7) is 0.631. The van der Waals surface area contributed by atoms with Crippen molar-refractivity contribution < 1.29 is 9.53 Å². The second-order valence-corrected chi connectivity index (χ2v) is 4.65. The van der Waals surface area contributed by atoms with Gasteiger partial charge >= 0.3 is 0 Å². The van der Waals surface area contributed by atoms with Gasteiger partial charge in [0, 0.05) is 5.56 Å². The van der Waals surface area contributed by atoms with Crippen LogP contribution in [0.3, 0.4) is 0 Å². The van der Waals surface area contributed by atoms with E-state index in [0.717, 1.165) is 19.1 Å². The van der Waals surface area contributed by atoms with Crippen LogP contribution in [-0.2, 0) is 6.42 Å². The highest BCUT2D eigenvalue weighted by Crippen LogP contribution is 2.21. The zero-order valence-electron chi connectivity index (χ0n) is 10.5. The third-order valence-electron chi connectivity index (χ3n) is 2.82. The van der Waals surface area contributed by atoms with Gasteiger partial charge in [-0.15, -0.1) is 0 Å². The average molecular weight is 275 g/mol. The number of benzene rings is 2. The van der Waals surface area contributed by atoms with Gasteiger partial charge in [0.15, 0.2) is 6.29 Å². The van der Waals surface area contributed by atoms with Crippen molar-refractivity contribution in [2.45, 2.75) is 12.8 Å². The summed E-state index contributed by atoms with van der Waals surface area (Å²) in [5, 5.41) is 0.426. The number of carbonyl (C=O) groups excluding carboxylic acids is 1. The average Bonchev–Trinajstić information content (AvgIpc) is 2.45. The van der Waals surface area contributed by atoms with Crippen molar-refractivity contribution in [2.75, 3.05) is 6.61 Å². The van der Waals surface area contributed by atoms with Gasteiger partial charge in [-0.1, -0.05) is 41.9 Å². The van der Waals surface area contributed by atoms with E-state index in [1.54, 1.807) is 18.2 Å². The SMILES string of the molecule is O=Cc1ccc(OCCCc2ccccc2)cc1Cl. The van der Waals surface area contributed by atoms with Crippen molar-refractivity contribution >= 4 is 17.9 Å². The molecule has 0 N–H and O–H groups in total. The van der Waals surface area contributed by atoms with Gasteiger partial charge in [0.2, 0.25) is 0 Å². The van der Waals surface area contributed by atoms with Crippen LogP contribution in [0.15, 0.2) is 48.5 Å². The van der Waals surface area contributed by atoms with Gasteiger partial charge in [-0.05, 0) is 36.6 Å². The minimum Gasteiger partial charge on any atom is -0.494 e. The van der Waals surface area contributed by atoms with E-state index < -0.39 is 0 Å². The first kappa shape index (κ1) is 13.6. The minimum absolute atomic E-state index is 0.426. The lowest BCUT2D eigenvalue weighted by Crippen LogP contribution is -1.99. The second kappa shape index (κ2) is 6.95. The van der Waals surface area contributed by atoms with Gasteiger partial charge < -0.3 is 4.74 Å². The van der Waals surface area contributed by atoms with Gasteiger partial charge in [-0.2, -0.15) is 0 Å². The molecule has 0 spiro atoms. The molecule has 0 fully saturated rings. The summed E-state index contributed by atoms with van der Waals surface area (Å²) in [6.07, 6.45) is 2.67. The fraction of sp³-hybridized carbons (Fsp3) is 0.188. The van der Waals surface area contributed by atoms with E-state index in [1.807, 2.05) is 18.2 Å². The Balaban J connectivity index is 1.80. The highest BCUT2D eigenvalue weighted by Gasteiger charge is 2.01. The van der Waals surface area contributed by atoms with Crippen LogP contribution in [0.25, 0.3) is 0 Å². The maximum Gasteiger partial charge on any atom is 0.151 e. The molecule has 0 aliphatic rings. The molecule has 0 saturated carbocycles. The molecule has 2 nitrogen and oxygen atoms in total. The molecule has 2 rings (SSSR count). The molecule has 0 radical (unpaired) electrons. The molecule has 0 bridgehead atoms. The molecule has 0 heterocycles. The topological polar surface area (TPSA) is 26.3 Å². The van der Waals surface area contributed by atoms with Crippen molar-refractivity contribution in [1.82, 2.24) is 0 Å². The lowest BCUT2D eigenvalue weighted by Gasteiger charge is -2.07. The van der Waals surface area contributed by atoms with E-state index in [1.165, 1.54) is 5.56 Å². The van der Waals surface area contributed by atoms with Gasteiger partial charge in [-0.3, -0.25) is 4.79 Å². The molecule has 2 aromatic rings. The molecule has 0 aromatic heterocycles. The predicted octanol–water partition coefficient (Wildman–Crippen LogP) is 4.16.